The second-order valence-electron chi connectivity index (χ2n) is 5.73. The van der Waals surface area contributed by atoms with Crippen molar-refractivity contribution in [3.05, 3.63) is 35.4 Å². The molecule has 0 bridgehead atoms. The van der Waals surface area contributed by atoms with Gasteiger partial charge in [0.05, 0.1) is 12.1 Å². The third-order valence-corrected chi connectivity index (χ3v) is 4.54. The summed E-state index contributed by atoms with van der Waals surface area (Å²) in [5.74, 6) is -2.21. The Labute approximate surface area is 134 Å². The molecular weight excluding hydrogens is 302 g/mol. The molecule has 2 rings (SSSR count). The van der Waals surface area contributed by atoms with Crippen LogP contribution in [0.25, 0.3) is 0 Å². The van der Waals surface area contributed by atoms with Crippen LogP contribution < -0.4 is 5.32 Å². The van der Waals surface area contributed by atoms with Gasteiger partial charge in [0.2, 0.25) is 5.91 Å². The van der Waals surface area contributed by atoms with Crippen molar-refractivity contribution < 1.29 is 18.3 Å². The molecule has 0 aromatic heterocycles. The van der Waals surface area contributed by atoms with Crippen LogP contribution in [0.1, 0.15) is 44.8 Å². The van der Waals surface area contributed by atoms with Gasteiger partial charge in [0.15, 0.2) is 11.6 Å². The molecule has 1 amide bonds. The molecule has 1 saturated heterocycles. The van der Waals surface area contributed by atoms with E-state index >= 15 is 0 Å². The minimum Gasteiger partial charge on any atom is -0.371 e. The Balaban J connectivity index is 2.17. The molecule has 0 radical (unpaired) electrons. The summed E-state index contributed by atoms with van der Waals surface area (Å²) in [6.45, 7) is 4.00. The first-order valence-corrected chi connectivity index (χ1v) is 7.76. The molecule has 2 atom stereocenters. The zero-order valence-electron chi connectivity index (χ0n) is 13.2. The fraction of sp³-hybridized carbons (Fsp3) is 0.529. The van der Waals surface area contributed by atoms with E-state index in [1.54, 1.807) is 13.8 Å². The number of nitriles is 1. The van der Waals surface area contributed by atoms with Gasteiger partial charge in [-0.1, -0.05) is 19.9 Å². The van der Waals surface area contributed by atoms with E-state index in [4.69, 9.17) is 4.74 Å². The Morgan fingerprint density at radius 2 is 2.09 bits per heavy atom. The number of amides is 1. The average molecular weight is 322 g/mol. The number of ether oxygens (including phenoxy) is 1. The van der Waals surface area contributed by atoms with Crippen molar-refractivity contribution >= 4 is 5.91 Å². The molecular formula is C17H20F2N2O2. The van der Waals surface area contributed by atoms with Gasteiger partial charge in [0.1, 0.15) is 11.5 Å². The van der Waals surface area contributed by atoms with Crippen molar-refractivity contribution in [1.82, 2.24) is 5.32 Å². The maximum Gasteiger partial charge on any atom is 0.240 e. The smallest absolute Gasteiger partial charge is 0.240 e. The van der Waals surface area contributed by atoms with E-state index in [1.807, 2.05) is 0 Å². The first-order valence-electron chi connectivity index (χ1n) is 7.76. The second kappa shape index (κ2) is 7.05. The largest absolute Gasteiger partial charge is 0.371 e. The summed E-state index contributed by atoms with van der Waals surface area (Å²) >= 11 is 0. The lowest BCUT2D eigenvalue weighted by Gasteiger charge is -2.27. The lowest BCUT2D eigenvalue weighted by molar-refractivity contribution is -0.129. The zero-order valence-corrected chi connectivity index (χ0v) is 13.2. The Kier molecular flexibility index (Phi) is 5.32. The number of benzene rings is 1. The molecule has 4 nitrogen and oxygen atoms in total. The molecule has 1 aliphatic rings. The number of hydrogen-bond acceptors (Lipinski definition) is 3. The lowest BCUT2D eigenvalue weighted by Crippen LogP contribution is -2.45. The Morgan fingerprint density at radius 1 is 1.39 bits per heavy atom. The first kappa shape index (κ1) is 17.4. The highest BCUT2D eigenvalue weighted by atomic mass is 19.2. The highest BCUT2D eigenvalue weighted by Crippen LogP contribution is 2.32. The van der Waals surface area contributed by atoms with Gasteiger partial charge in [0, 0.05) is 6.61 Å². The van der Waals surface area contributed by atoms with Crippen LogP contribution >= 0.6 is 0 Å². The zero-order chi connectivity index (χ0) is 17.0. The molecule has 23 heavy (non-hydrogen) atoms. The Hall–Kier alpha value is -2.00. The fourth-order valence-electron chi connectivity index (χ4n) is 2.84. The quantitative estimate of drug-likeness (QED) is 0.905. The topological polar surface area (TPSA) is 62.1 Å². The van der Waals surface area contributed by atoms with Crippen LogP contribution in [0, 0.1) is 28.4 Å². The van der Waals surface area contributed by atoms with Gasteiger partial charge >= 0.3 is 0 Å². The summed E-state index contributed by atoms with van der Waals surface area (Å²) in [5.41, 5.74) is -0.594. The standard InChI is InChI=1S/C17H20F2N2O2/c1-3-17(4-2,10-20)16(22)21-14-7-8-23-15(14)11-5-6-12(18)13(19)9-11/h5-6,9,14-15H,3-4,7-8H2,1-2H3,(H,21,22)/t14-,15+/m1/s1. The molecule has 1 aromatic carbocycles. The predicted molar refractivity (Wildman–Crippen MR) is 80.2 cm³/mol. The van der Waals surface area contributed by atoms with E-state index in [0.717, 1.165) is 12.1 Å². The van der Waals surface area contributed by atoms with E-state index in [2.05, 4.69) is 11.4 Å². The minimum atomic E-state index is -1.07. The molecule has 0 unspecified atom stereocenters. The number of carbonyl (C=O) groups excluding carboxylic acids is 1. The maximum absolute atomic E-state index is 13.4. The molecule has 0 saturated carbocycles. The summed E-state index contributed by atoms with van der Waals surface area (Å²) < 4.78 is 32.1. The van der Waals surface area contributed by atoms with Crippen LogP contribution in [0.15, 0.2) is 18.2 Å². The third-order valence-electron chi connectivity index (χ3n) is 4.54. The molecule has 0 spiro atoms. The molecule has 6 heteroatoms. The summed E-state index contributed by atoms with van der Waals surface area (Å²) in [7, 11) is 0. The number of rotatable bonds is 5. The van der Waals surface area contributed by atoms with E-state index in [9.17, 15) is 18.8 Å². The van der Waals surface area contributed by atoms with Crippen molar-refractivity contribution in [2.24, 2.45) is 5.41 Å². The highest BCUT2D eigenvalue weighted by Gasteiger charge is 2.39. The second-order valence-corrected chi connectivity index (χ2v) is 5.73. The average Bonchev–Trinajstić information content (AvgIpc) is 3.00. The summed E-state index contributed by atoms with van der Waals surface area (Å²) in [4.78, 5) is 12.5. The fourth-order valence-corrected chi connectivity index (χ4v) is 2.84. The first-order chi connectivity index (χ1) is 11.0. The van der Waals surface area contributed by atoms with E-state index in [1.165, 1.54) is 6.07 Å². The third kappa shape index (κ3) is 3.35. The molecule has 0 aliphatic carbocycles. The van der Waals surface area contributed by atoms with Crippen LogP contribution in [0.2, 0.25) is 0 Å². The van der Waals surface area contributed by atoms with Gasteiger partial charge in [-0.15, -0.1) is 0 Å². The molecule has 124 valence electrons. The van der Waals surface area contributed by atoms with Crippen molar-refractivity contribution in [3.8, 4) is 6.07 Å². The van der Waals surface area contributed by atoms with E-state index < -0.39 is 23.2 Å². The number of carbonyl (C=O) groups is 1. The lowest BCUT2D eigenvalue weighted by atomic mass is 9.82. The summed E-state index contributed by atoms with van der Waals surface area (Å²) in [6.07, 6.45) is 0.841. The van der Waals surface area contributed by atoms with Crippen LogP contribution in [-0.2, 0) is 9.53 Å². The van der Waals surface area contributed by atoms with Crippen LogP contribution in [0.3, 0.4) is 0 Å². The number of halogens is 2. The van der Waals surface area contributed by atoms with Gasteiger partial charge in [-0.05, 0) is 37.0 Å². The molecule has 1 aliphatic heterocycles. The SMILES string of the molecule is CCC(C#N)(CC)C(=O)N[C@@H]1CCO[C@H]1c1ccc(F)c(F)c1. The van der Waals surface area contributed by atoms with Crippen molar-refractivity contribution in [3.63, 3.8) is 0 Å². The number of nitrogens with one attached hydrogen (secondary N) is 1. The van der Waals surface area contributed by atoms with Gasteiger partial charge < -0.3 is 10.1 Å². The van der Waals surface area contributed by atoms with Crippen LogP contribution in [0.5, 0.6) is 0 Å². The molecule has 1 fully saturated rings. The van der Waals surface area contributed by atoms with Gasteiger partial charge in [0.25, 0.3) is 0 Å². The van der Waals surface area contributed by atoms with Gasteiger partial charge in [-0.3, -0.25) is 4.79 Å². The van der Waals surface area contributed by atoms with Crippen LogP contribution in [0.4, 0.5) is 8.78 Å². The highest BCUT2D eigenvalue weighted by molar-refractivity contribution is 5.85. The van der Waals surface area contributed by atoms with E-state index in [-0.39, 0.29) is 11.9 Å². The van der Waals surface area contributed by atoms with Gasteiger partial charge in [-0.25, -0.2) is 8.78 Å². The van der Waals surface area contributed by atoms with Crippen molar-refractivity contribution in [2.45, 2.75) is 45.3 Å². The Morgan fingerprint density at radius 3 is 2.65 bits per heavy atom. The molecule has 1 heterocycles. The van der Waals surface area contributed by atoms with Gasteiger partial charge in [-0.2, -0.15) is 5.26 Å². The number of nitrogens with zero attached hydrogens (tertiary/aromatic N) is 1. The maximum atomic E-state index is 13.4. The molecule has 1 N–H and O–H groups in total. The summed E-state index contributed by atoms with van der Waals surface area (Å²) in [5, 5.41) is 12.2. The minimum absolute atomic E-state index is 0.340. The van der Waals surface area contributed by atoms with Crippen molar-refractivity contribution in [1.29, 1.82) is 5.26 Å². The Bertz CT molecular complexity index is 624. The van der Waals surface area contributed by atoms with Crippen LogP contribution in [-0.4, -0.2) is 18.6 Å². The number of hydrogen-bond donors (Lipinski definition) is 1. The molecule has 1 aromatic rings. The monoisotopic (exact) mass is 322 g/mol. The van der Waals surface area contributed by atoms with Crippen molar-refractivity contribution in [2.75, 3.05) is 6.61 Å². The van der Waals surface area contributed by atoms with E-state index in [0.29, 0.717) is 31.4 Å². The predicted octanol–water partition coefficient (Wildman–Crippen LogP) is 3.24. The normalized spacial score (nSPS) is 21.0. The summed E-state index contributed by atoms with van der Waals surface area (Å²) in [6, 6.07) is 5.31.